The van der Waals surface area contributed by atoms with Crippen LogP contribution in [0.4, 0.5) is 5.69 Å². The van der Waals surface area contributed by atoms with Crippen LogP contribution in [0.2, 0.25) is 0 Å². The minimum Gasteiger partial charge on any atom is -0.318 e. The zero-order chi connectivity index (χ0) is 23.0. The van der Waals surface area contributed by atoms with Crippen LogP contribution < -0.4 is 10.2 Å². The Bertz CT molecular complexity index is 1270. The summed E-state index contributed by atoms with van der Waals surface area (Å²) in [5.41, 5.74) is 6.84. The van der Waals surface area contributed by atoms with E-state index in [1.165, 1.54) is 4.90 Å². The number of benzene rings is 2. The van der Waals surface area contributed by atoms with Gasteiger partial charge in [-0.3, -0.25) is 19.8 Å². The van der Waals surface area contributed by atoms with Crippen LogP contribution in [0.15, 0.2) is 60.2 Å². The number of hydrogen-bond acceptors (Lipinski definition) is 3. The quantitative estimate of drug-likeness (QED) is 0.358. The lowest BCUT2D eigenvalue weighted by Gasteiger charge is -2.29. The summed E-state index contributed by atoms with van der Waals surface area (Å²) in [4.78, 5) is 27.4. The van der Waals surface area contributed by atoms with Gasteiger partial charge in [0.2, 0.25) is 0 Å². The van der Waals surface area contributed by atoms with E-state index < -0.39 is 11.8 Å². The number of aromatic nitrogens is 1. The van der Waals surface area contributed by atoms with Crippen molar-refractivity contribution >= 4 is 40.9 Å². The van der Waals surface area contributed by atoms with Gasteiger partial charge >= 0.3 is 0 Å². The van der Waals surface area contributed by atoms with E-state index in [0.29, 0.717) is 5.69 Å². The molecule has 0 aliphatic carbocycles. The summed E-state index contributed by atoms with van der Waals surface area (Å²) in [5, 5.41) is 2.75. The fraction of sp³-hybridized carbons (Fsp3) is 0.192. The van der Waals surface area contributed by atoms with Crippen molar-refractivity contribution < 1.29 is 9.59 Å². The van der Waals surface area contributed by atoms with Gasteiger partial charge in [-0.25, -0.2) is 0 Å². The van der Waals surface area contributed by atoms with Crippen molar-refractivity contribution in [2.45, 2.75) is 34.1 Å². The van der Waals surface area contributed by atoms with Crippen LogP contribution in [0, 0.1) is 20.8 Å². The van der Waals surface area contributed by atoms with Gasteiger partial charge in [0.15, 0.2) is 5.11 Å². The van der Waals surface area contributed by atoms with E-state index in [4.69, 9.17) is 12.2 Å². The Kier molecular flexibility index (Phi) is 5.80. The van der Waals surface area contributed by atoms with E-state index in [1.807, 2.05) is 56.3 Å². The zero-order valence-corrected chi connectivity index (χ0v) is 19.4. The maximum Gasteiger partial charge on any atom is 0.270 e. The fourth-order valence-corrected chi connectivity index (χ4v) is 4.31. The van der Waals surface area contributed by atoms with Crippen molar-refractivity contribution in [2.24, 2.45) is 0 Å². The number of amides is 2. The van der Waals surface area contributed by atoms with Gasteiger partial charge in [-0.2, -0.15) is 0 Å². The maximum absolute atomic E-state index is 13.3. The molecule has 0 radical (unpaired) electrons. The van der Waals surface area contributed by atoms with E-state index in [1.54, 1.807) is 6.08 Å². The highest BCUT2D eigenvalue weighted by Gasteiger charge is 2.34. The molecule has 0 unspecified atom stereocenters. The van der Waals surface area contributed by atoms with Crippen molar-refractivity contribution in [3.63, 3.8) is 0 Å². The van der Waals surface area contributed by atoms with Crippen LogP contribution >= 0.6 is 12.2 Å². The van der Waals surface area contributed by atoms with Gasteiger partial charge < -0.3 is 4.57 Å². The third-order valence-electron chi connectivity index (χ3n) is 5.73. The first kappa shape index (κ1) is 21.7. The summed E-state index contributed by atoms with van der Waals surface area (Å²) >= 11 is 5.31. The van der Waals surface area contributed by atoms with Gasteiger partial charge in [-0.15, -0.1) is 0 Å². The molecule has 4 rings (SSSR count). The highest BCUT2D eigenvalue weighted by atomic mass is 32.1. The summed E-state index contributed by atoms with van der Waals surface area (Å²) in [6.07, 6.45) is 2.55. The fourth-order valence-electron chi connectivity index (χ4n) is 4.03. The molecule has 0 spiro atoms. The van der Waals surface area contributed by atoms with E-state index in [2.05, 4.69) is 35.9 Å². The molecule has 162 valence electrons. The van der Waals surface area contributed by atoms with E-state index >= 15 is 0 Å². The Hall–Kier alpha value is -3.51. The molecule has 3 aromatic rings. The van der Waals surface area contributed by atoms with Gasteiger partial charge in [0.1, 0.15) is 5.57 Å². The molecule has 5 nitrogen and oxygen atoms in total. The number of carbonyl (C=O) groups excluding carboxylic acids is 2. The lowest BCUT2D eigenvalue weighted by Crippen LogP contribution is -2.54. The second-order valence-electron chi connectivity index (χ2n) is 7.98. The summed E-state index contributed by atoms with van der Waals surface area (Å²) < 4.78 is 2.12. The smallest absolute Gasteiger partial charge is 0.270 e. The number of aryl methyl sites for hydroxylation is 3. The van der Waals surface area contributed by atoms with Gasteiger partial charge in [-0.05, 0) is 92.5 Å². The highest BCUT2D eigenvalue weighted by molar-refractivity contribution is 7.80. The molecule has 1 aliphatic heterocycles. The average molecular weight is 444 g/mol. The monoisotopic (exact) mass is 443 g/mol. The topological polar surface area (TPSA) is 54.3 Å². The van der Waals surface area contributed by atoms with Crippen molar-refractivity contribution in [3.05, 3.63) is 88.2 Å². The molecule has 0 saturated carbocycles. The standard InChI is InChI=1S/C26H25N3O2S/c1-5-19-9-11-21(12-10-19)29-25(31)23(24(30)27-26(29)32)15-20-14-17(3)28(18(20)4)22-8-6-7-16(2)13-22/h6-15H,5H2,1-4H3,(H,27,30,32)/b23-15+. The number of hydrogen-bond donors (Lipinski definition) is 1. The lowest BCUT2D eigenvalue weighted by molar-refractivity contribution is -0.122. The summed E-state index contributed by atoms with van der Waals surface area (Å²) in [6.45, 7) is 8.12. The minimum absolute atomic E-state index is 0.0580. The molecule has 2 aromatic carbocycles. The first-order chi connectivity index (χ1) is 15.3. The zero-order valence-electron chi connectivity index (χ0n) is 18.6. The number of carbonyl (C=O) groups is 2. The van der Waals surface area contributed by atoms with Crippen LogP contribution in [0.5, 0.6) is 0 Å². The number of rotatable bonds is 4. The van der Waals surface area contributed by atoms with E-state index in [-0.39, 0.29) is 10.7 Å². The average Bonchev–Trinajstić information content (AvgIpc) is 3.04. The number of nitrogens with zero attached hydrogens (tertiary/aromatic N) is 2. The predicted octanol–water partition coefficient (Wildman–Crippen LogP) is 4.80. The van der Waals surface area contributed by atoms with Gasteiger partial charge in [0.05, 0.1) is 5.69 Å². The van der Waals surface area contributed by atoms with E-state index in [9.17, 15) is 9.59 Å². The molecule has 32 heavy (non-hydrogen) atoms. The molecule has 1 saturated heterocycles. The molecule has 1 N–H and O–H groups in total. The number of thiocarbonyl (C=S) groups is 1. The Morgan fingerprint density at radius 1 is 0.969 bits per heavy atom. The van der Waals surface area contributed by atoms with Gasteiger partial charge in [0.25, 0.3) is 11.8 Å². The first-order valence-corrected chi connectivity index (χ1v) is 11.0. The summed E-state index contributed by atoms with van der Waals surface area (Å²) in [6, 6.07) is 17.8. The molecular weight excluding hydrogens is 418 g/mol. The molecule has 6 heteroatoms. The Balaban J connectivity index is 1.74. The second-order valence-corrected chi connectivity index (χ2v) is 8.37. The SMILES string of the molecule is CCc1ccc(N2C(=O)/C(=C/c3cc(C)n(-c4cccc(C)c4)c3C)C(=O)NC2=S)cc1. The molecule has 0 atom stereocenters. The predicted molar refractivity (Wildman–Crippen MR) is 132 cm³/mol. The number of anilines is 1. The Morgan fingerprint density at radius 3 is 2.34 bits per heavy atom. The van der Waals surface area contributed by atoms with Crippen LogP contribution in [0.3, 0.4) is 0 Å². The Labute approximate surface area is 193 Å². The minimum atomic E-state index is -0.484. The van der Waals surface area contributed by atoms with Crippen molar-refractivity contribution in [2.75, 3.05) is 4.90 Å². The van der Waals surface area contributed by atoms with Crippen LogP contribution in [-0.4, -0.2) is 21.5 Å². The first-order valence-electron chi connectivity index (χ1n) is 10.6. The van der Waals surface area contributed by atoms with E-state index in [0.717, 1.165) is 40.2 Å². The largest absolute Gasteiger partial charge is 0.318 e. The normalized spacial score (nSPS) is 15.4. The summed E-state index contributed by atoms with van der Waals surface area (Å²) in [5.74, 6) is -0.912. The molecule has 1 aliphatic rings. The van der Waals surface area contributed by atoms with Crippen LogP contribution in [0.1, 0.15) is 35.0 Å². The Morgan fingerprint density at radius 2 is 1.69 bits per heavy atom. The third kappa shape index (κ3) is 3.89. The number of nitrogens with one attached hydrogen (secondary N) is 1. The molecule has 1 fully saturated rings. The molecule has 0 bridgehead atoms. The molecule has 2 heterocycles. The van der Waals surface area contributed by atoms with Crippen molar-refractivity contribution in [3.8, 4) is 5.69 Å². The summed E-state index contributed by atoms with van der Waals surface area (Å²) in [7, 11) is 0. The van der Waals surface area contributed by atoms with Crippen molar-refractivity contribution in [1.82, 2.24) is 9.88 Å². The maximum atomic E-state index is 13.3. The van der Waals surface area contributed by atoms with Crippen molar-refractivity contribution in [1.29, 1.82) is 0 Å². The molecular formula is C26H25N3O2S. The molecule has 1 aromatic heterocycles. The third-order valence-corrected chi connectivity index (χ3v) is 6.02. The van der Waals surface area contributed by atoms with Crippen LogP contribution in [0.25, 0.3) is 11.8 Å². The van der Waals surface area contributed by atoms with Gasteiger partial charge in [0, 0.05) is 17.1 Å². The molecule has 2 amide bonds. The highest BCUT2D eigenvalue weighted by Crippen LogP contribution is 2.26. The lowest BCUT2D eigenvalue weighted by atomic mass is 10.1. The second kappa shape index (κ2) is 8.55. The van der Waals surface area contributed by atoms with Crippen LogP contribution in [-0.2, 0) is 16.0 Å². The van der Waals surface area contributed by atoms with Gasteiger partial charge in [-0.1, -0.05) is 31.2 Å².